The minimum atomic E-state index is -0.317. The number of nitrogens with one attached hydrogen (secondary N) is 1. The van der Waals surface area contributed by atoms with E-state index in [9.17, 15) is 9.50 Å². The molecule has 1 heterocycles. The van der Waals surface area contributed by atoms with E-state index in [1.807, 2.05) is 37.3 Å². The molecule has 0 saturated heterocycles. The fraction of sp³-hybridized carbons (Fsp3) is 0.167. The summed E-state index contributed by atoms with van der Waals surface area (Å²) < 4.78 is 13.7. The Labute approximate surface area is 174 Å². The van der Waals surface area contributed by atoms with Gasteiger partial charge in [-0.1, -0.05) is 37.3 Å². The average Bonchev–Trinajstić information content (AvgIpc) is 2.77. The fourth-order valence-electron chi connectivity index (χ4n) is 3.27. The zero-order chi connectivity index (χ0) is 21.1. The largest absolute Gasteiger partial charge is 0.507 e. The normalized spacial score (nSPS) is 12.1. The molecule has 0 spiro atoms. The second-order valence-electron chi connectivity index (χ2n) is 7.20. The molecule has 0 unspecified atom stereocenters. The molecule has 152 valence electrons. The van der Waals surface area contributed by atoms with E-state index in [0.717, 1.165) is 22.9 Å². The van der Waals surface area contributed by atoms with Gasteiger partial charge in [-0.05, 0) is 53.9 Å². The molecule has 0 amide bonds. The summed E-state index contributed by atoms with van der Waals surface area (Å²) in [5.41, 5.74) is 8.77. The van der Waals surface area contributed by atoms with Crippen molar-refractivity contribution in [1.29, 1.82) is 0 Å². The van der Waals surface area contributed by atoms with Gasteiger partial charge < -0.3 is 16.2 Å². The zero-order valence-corrected chi connectivity index (χ0v) is 16.6. The number of anilines is 1. The Morgan fingerprint density at radius 1 is 1.00 bits per heavy atom. The summed E-state index contributed by atoms with van der Waals surface area (Å²) in [6, 6.07) is 19.1. The van der Waals surface area contributed by atoms with Crippen LogP contribution in [0.5, 0.6) is 5.75 Å². The van der Waals surface area contributed by atoms with E-state index in [-0.39, 0.29) is 17.6 Å². The number of hydrogen-bond acceptors (Lipinski definition) is 5. The number of aromatic hydroxyl groups is 1. The number of benzene rings is 3. The lowest BCUT2D eigenvalue weighted by Gasteiger charge is -2.14. The Kier molecular flexibility index (Phi) is 5.59. The first-order valence-corrected chi connectivity index (χ1v) is 9.90. The first-order valence-electron chi connectivity index (χ1n) is 9.90. The molecule has 0 fully saturated rings. The number of phenols is 1. The Morgan fingerprint density at radius 3 is 2.60 bits per heavy atom. The Bertz CT molecular complexity index is 1190. The number of phenolic OH excluding ortho intramolecular Hbond substituents is 1. The summed E-state index contributed by atoms with van der Waals surface area (Å²) in [6.45, 7) is 2.61. The lowest BCUT2D eigenvalue weighted by molar-refractivity contribution is 0.477. The van der Waals surface area contributed by atoms with Crippen LogP contribution in [0, 0.1) is 5.82 Å². The lowest BCUT2D eigenvalue weighted by atomic mass is 10.0. The Morgan fingerprint density at radius 2 is 1.80 bits per heavy atom. The number of aromatic nitrogens is 2. The molecule has 6 heteroatoms. The van der Waals surface area contributed by atoms with Gasteiger partial charge >= 0.3 is 0 Å². The van der Waals surface area contributed by atoms with Gasteiger partial charge in [0.2, 0.25) is 0 Å². The highest BCUT2D eigenvalue weighted by Crippen LogP contribution is 2.34. The Hall–Kier alpha value is -3.51. The molecular weight excluding hydrogens is 379 g/mol. The summed E-state index contributed by atoms with van der Waals surface area (Å²) in [7, 11) is 0. The van der Waals surface area contributed by atoms with Crippen molar-refractivity contribution in [3.05, 3.63) is 72.5 Å². The summed E-state index contributed by atoms with van der Waals surface area (Å²) in [4.78, 5) is 9.33. The molecule has 30 heavy (non-hydrogen) atoms. The van der Waals surface area contributed by atoms with E-state index >= 15 is 0 Å². The number of nitrogens with two attached hydrogens (primary N) is 1. The van der Waals surface area contributed by atoms with E-state index in [4.69, 9.17) is 5.73 Å². The molecular formula is C24H23FN4O. The van der Waals surface area contributed by atoms with E-state index in [0.29, 0.717) is 29.3 Å². The highest BCUT2D eigenvalue weighted by molar-refractivity contribution is 5.91. The van der Waals surface area contributed by atoms with E-state index < -0.39 is 0 Å². The van der Waals surface area contributed by atoms with Gasteiger partial charge in [0.15, 0.2) is 5.82 Å². The third kappa shape index (κ3) is 4.09. The van der Waals surface area contributed by atoms with Gasteiger partial charge in [0, 0.05) is 18.0 Å². The summed E-state index contributed by atoms with van der Waals surface area (Å²) in [5, 5.41) is 14.7. The predicted molar refractivity (Wildman–Crippen MR) is 119 cm³/mol. The van der Waals surface area contributed by atoms with Gasteiger partial charge in [0.25, 0.3) is 0 Å². The molecule has 0 radical (unpaired) electrons. The van der Waals surface area contributed by atoms with Crippen LogP contribution < -0.4 is 11.1 Å². The second-order valence-corrected chi connectivity index (χ2v) is 7.20. The highest BCUT2D eigenvalue weighted by Gasteiger charge is 2.14. The topological polar surface area (TPSA) is 84.1 Å². The van der Waals surface area contributed by atoms with Crippen molar-refractivity contribution in [2.24, 2.45) is 5.73 Å². The third-order valence-electron chi connectivity index (χ3n) is 5.05. The number of fused-ring (bicyclic) bond motifs is 1. The van der Waals surface area contributed by atoms with Crippen molar-refractivity contribution in [3.8, 4) is 28.3 Å². The quantitative estimate of drug-likeness (QED) is 0.425. The number of rotatable bonds is 6. The maximum absolute atomic E-state index is 13.7. The molecule has 3 aromatic carbocycles. The summed E-state index contributed by atoms with van der Waals surface area (Å²) in [6.07, 6.45) is 0.847. The van der Waals surface area contributed by atoms with Crippen LogP contribution >= 0.6 is 0 Å². The zero-order valence-electron chi connectivity index (χ0n) is 16.6. The van der Waals surface area contributed by atoms with Crippen LogP contribution in [0.3, 0.4) is 0 Å². The fourth-order valence-corrected chi connectivity index (χ4v) is 3.27. The van der Waals surface area contributed by atoms with Crippen LogP contribution in [0.1, 0.15) is 13.3 Å². The monoisotopic (exact) mass is 402 g/mol. The third-order valence-corrected chi connectivity index (χ3v) is 5.05. The predicted octanol–water partition coefficient (Wildman–Crippen LogP) is 4.96. The number of nitrogens with zero attached hydrogens (tertiary/aromatic N) is 2. The van der Waals surface area contributed by atoms with Gasteiger partial charge in [0.05, 0.1) is 11.1 Å². The molecule has 0 aliphatic rings. The summed E-state index contributed by atoms with van der Waals surface area (Å²) in [5.74, 6) is 0.788. The van der Waals surface area contributed by atoms with Crippen molar-refractivity contribution in [1.82, 2.24) is 9.97 Å². The maximum atomic E-state index is 13.7. The molecule has 4 aromatic rings. The molecule has 4 N–H and O–H groups in total. The number of halogens is 1. The van der Waals surface area contributed by atoms with Crippen LogP contribution in [0.25, 0.3) is 33.4 Å². The van der Waals surface area contributed by atoms with Crippen LogP contribution in [0.15, 0.2) is 66.7 Å². The van der Waals surface area contributed by atoms with Crippen molar-refractivity contribution >= 4 is 16.7 Å². The standard InChI is InChI=1S/C24H23FN4O/c1-2-18(26)14-27-23-19-8-3-4-9-21(19)28-24(29-23)20-13-16(10-11-22(20)30)15-6-5-7-17(25)12-15/h3-13,18,30H,2,14,26H2,1H3,(H,27,28,29)/t18-/m0/s1. The number of hydrogen-bond donors (Lipinski definition) is 3. The van der Waals surface area contributed by atoms with E-state index in [1.165, 1.54) is 12.1 Å². The van der Waals surface area contributed by atoms with Crippen LogP contribution in [-0.4, -0.2) is 27.7 Å². The molecule has 4 rings (SSSR count). The maximum Gasteiger partial charge on any atom is 0.165 e. The van der Waals surface area contributed by atoms with Crippen molar-refractivity contribution in [2.75, 3.05) is 11.9 Å². The molecule has 1 aromatic heterocycles. The smallest absolute Gasteiger partial charge is 0.165 e. The second kappa shape index (κ2) is 8.47. The van der Waals surface area contributed by atoms with E-state index in [1.54, 1.807) is 24.3 Å². The lowest BCUT2D eigenvalue weighted by Crippen LogP contribution is -2.28. The SMILES string of the molecule is CC[C@H](N)CNc1nc(-c2cc(-c3cccc(F)c3)ccc2O)nc2ccccc12. The van der Waals surface area contributed by atoms with Gasteiger partial charge in [-0.3, -0.25) is 0 Å². The van der Waals surface area contributed by atoms with Crippen LogP contribution in [0.2, 0.25) is 0 Å². The summed E-state index contributed by atoms with van der Waals surface area (Å²) >= 11 is 0. The minimum Gasteiger partial charge on any atom is -0.507 e. The Balaban J connectivity index is 1.82. The number of para-hydroxylation sites is 1. The van der Waals surface area contributed by atoms with Gasteiger partial charge in [0.1, 0.15) is 17.4 Å². The van der Waals surface area contributed by atoms with Gasteiger partial charge in [-0.2, -0.15) is 0 Å². The first-order chi connectivity index (χ1) is 14.5. The molecule has 0 bridgehead atoms. The van der Waals surface area contributed by atoms with Crippen molar-refractivity contribution < 1.29 is 9.50 Å². The molecule has 5 nitrogen and oxygen atoms in total. The van der Waals surface area contributed by atoms with Crippen LogP contribution in [-0.2, 0) is 0 Å². The van der Waals surface area contributed by atoms with Gasteiger partial charge in [-0.25, -0.2) is 14.4 Å². The van der Waals surface area contributed by atoms with E-state index in [2.05, 4.69) is 15.3 Å². The van der Waals surface area contributed by atoms with Crippen LogP contribution in [0.4, 0.5) is 10.2 Å². The minimum absolute atomic E-state index is 0.00638. The first kappa shape index (κ1) is 19.8. The average molecular weight is 402 g/mol. The van der Waals surface area contributed by atoms with Gasteiger partial charge in [-0.15, -0.1) is 0 Å². The molecule has 0 aliphatic carbocycles. The molecule has 0 aliphatic heterocycles. The van der Waals surface area contributed by atoms with Crippen molar-refractivity contribution in [3.63, 3.8) is 0 Å². The molecule has 1 atom stereocenters. The van der Waals surface area contributed by atoms with Crippen molar-refractivity contribution in [2.45, 2.75) is 19.4 Å². The molecule has 0 saturated carbocycles. The highest BCUT2D eigenvalue weighted by atomic mass is 19.1.